The second kappa shape index (κ2) is 5.00. The van der Waals surface area contributed by atoms with Crippen molar-refractivity contribution in [1.29, 1.82) is 0 Å². The number of hydrogen-bond acceptors (Lipinski definition) is 3. The molecular formula is C13H16N4O. The zero-order valence-corrected chi connectivity index (χ0v) is 10.7. The number of rotatable bonds is 3. The largest absolute Gasteiger partial charge is 0.343 e. The Morgan fingerprint density at radius 3 is 2.89 bits per heavy atom. The molecule has 2 aromatic heterocycles. The molecule has 0 fully saturated rings. The van der Waals surface area contributed by atoms with Crippen molar-refractivity contribution in [3.63, 3.8) is 0 Å². The predicted molar refractivity (Wildman–Crippen MR) is 68.1 cm³/mol. The van der Waals surface area contributed by atoms with Crippen molar-refractivity contribution in [1.82, 2.24) is 19.9 Å². The fraction of sp³-hybridized carbons (Fsp3) is 0.308. The van der Waals surface area contributed by atoms with Crippen LogP contribution in [0.25, 0.3) is 0 Å². The number of aromatic nitrogens is 3. The zero-order chi connectivity index (χ0) is 13.1. The monoisotopic (exact) mass is 244 g/mol. The van der Waals surface area contributed by atoms with E-state index in [-0.39, 0.29) is 11.9 Å². The third-order valence-corrected chi connectivity index (χ3v) is 2.86. The van der Waals surface area contributed by atoms with E-state index in [2.05, 4.69) is 15.3 Å². The van der Waals surface area contributed by atoms with Crippen molar-refractivity contribution in [3.8, 4) is 0 Å². The minimum Gasteiger partial charge on any atom is -0.343 e. The van der Waals surface area contributed by atoms with Crippen LogP contribution in [0.1, 0.15) is 34.7 Å². The normalized spacial score (nSPS) is 12.2. The molecule has 0 aromatic carbocycles. The van der Waals surface area contributed by atoms with Gasteiger partial charge in [0, 0.05) is 13.2 Å². The van der Waals surface area contributed by atoms with E-state index < -0.39 is 0 Å². The van der Waals surface area contributed by atoms with Gasteiger partial charge in [-0.2, -0.15) is 0 Å². The van der Waals surface area contributed by atoms with Crippen LogP contribution in [0.2, 0.25) is 0 Å². The van der Waals surface area contributed by atoms with Crippen molar-refractivity contribution in [2.75, 3.05) is 0 Å². The zero-order valence-electron chi connectivity index (χ0n) is 10.7. The summed E-state index contributed by atoms with van der Waals surface area (Å²) in [6.07, 6.45) is 4.88. The Kier molecular flexibility index (Phi) is 3.41. The summed E-state index contributed by atoms with van der Waals surface area (Å²) in [5.74, 6) is -0.146. The van der Waals surface area contributed by atoms with Gasteiger partial charge in [-0.1, -0.05) is 6.07 Å². The SMILES string of the molecule is Cc1cccnc1C(C)NC(=O)c1cncn1C. The van der Waals surface area contributed by atoms with Gasteiger partial charge in [0.1, 0.15) is 5.69 Å². The summed E-state index contributed by atoms with van der Waals surface area (Å²) in [5.41, 5.74) is 2.48. The molecule has 1 unspecified atom stereocenters. The lowest BCUT2D eigenvalue weighted by Crippen LogP contribution is -2.29. The first kappa shape index (κ1) is 12.3. The highest BCUT2D eigenvalue weighted by Crippen LogP contribution is 2.14. The summed E-state index contributed by atoms with van der Waals surface area (Å²) in [4.78, 5) is 20.2. The number of aryl methyl sites for hydroxylation is 2. The molecule has 1 N–H and O–H groups in total. The van der Waals surface area contributed by atoms with Gasteiger partial charge in [-0.15, -0.1) is 0 Å². The molecule has 5 heteroatoms. The Morgan fingerprint density at radius 1 is 1.50 bits per heavy atom. The minimum absolute atomic E-state index is 0.131. The van der Waals surface area contributed by atoms with Crippen LogP contribution in [0.15, 0.2) is 30.9 Å². The highest BCUT2D eigenvalue weighted by Gasteiger charge is 2.15. The second-order valence-electron chi connectivity index (χ2n) is 4.29. The first-order chi connectivity index (χ1) is 8.59. The number of carbonyl (C=O) groups excluding carboxylic acids is 1. The van der Waals surface area contributed by atoms with E-state index in [1.54, 1.807) is 30.3 Å². The number of hydrogen-bond donors (Lipinski definition) is 1. The van der Waals surface area contributed by atoms with Crippen LogP contribution in [-0.2, 0) is 7.05 Å². The Hall–Kier alpha value is -2.17. The van der Waals surface area contributed by atoms with Gasteiger partial charge in [0.25, 0.3) is 5.91 Å². The third kappa shape index (κ3) is 2.40. The number of amides is 1. The van der Waals surface area contributed by atoms with E-state index in [4.69, 9.17) is 0 Å². The first-order valence-corrected chi connectivity index (χ1v) is 5.78. The molecule has 1 amide bonds. The lowest BCUT2D eigenvalue weighted by atomic mass is 10.1. The van der Waals surface area contributed by atoms with E-state index in [1.807, 2.05) is 26.0 Å². The summed E-state index contributed by atoms with van der Waals surface area (Å²) in [7, 11) is 1.79. The molecule has 2 aromatic rings. The maximum atomic E-state index is 12.0. The molecule has 5 nitrogen and oxygen atoms in total. The Bertz CT molecular complexity index is 562. The van der Waals surface area contributed by atoms with Gasteiger partial charge in [0.15, 0.2) is 0 Å². The molecule has 0 aliphatic rings. The molecule has 2 heterocycles. The maximum Gasteiger partial charge on any atom is 0.270 e. The molecule has 0 spiro atoms. The molecule has 18 heavy (non-hydrogen) atoms. The van der Waals surface area contributed by atoms with Crippen molar-refractivity contribution < 1.29 is 4.79 Å². The topological polar surface area (TPSA) is 59.8 Å². The molecule has 0 saturated heterocycles. The summed E-state index contributed by atoms with van der Waals surface area (Å²) in [5, 5.41) is 2.92. The Morgan fingerprint density at radius 2 is 2.28 bits per heavy atom. The molecule has 0 radical (unpaired) electrons. The van der Waals surface area contributed by atoms with Gasteiger partial charge < -0.3 is 9.88 Å². The highest BCUT2D eigenvalue weighted by atomic mass is 16.2. The van der Waals surface area contributed by atoms with E-state index in [0.717, 1.165) is 11.3 Å². The Labute approximate surface area is 106 Å². The van der Waals surface area contributed by atoms with E-state index in [9.17, 15) is 4.79 Å². The summed E-state index contributed by atoms with van der Waals surface area (Å²) in [6.45, 7) is 3.90. The van der Waals surface area contributed by atoms with Crippen molar-refractivity contribution in [2.45, 2.75) is 19.9 Å². The van der Waals surface area contributed by atoms with Crippen LogP contribution in [0, 0.1) is 6.92 Å². The standard InChI is InChI=1S/C13H16N4O/c1-9-5-4-6-15-12(9)10(2)16-13(18)11-7-14-8-17(11)3/h4-8,10H,1-3H3,(H,16,18). The lowest BCUT2D eigenvalue weighted by molar-refractivity contribution is 0.0931. The van der Waals surface area contributed by atoms with Crippen LogP contribution in [0.4, 0.5) is 0 Å². The summed E-state index contributed by atoms with van der Waals surface area (Å²) < 4.78 is 1.69. The van der Waals surface area contributed by atoms with Gasteiger partial charge in [-0.3, -0.25) is 9.78 Å². The number of pyridine rings is 1. The van der Waals surface area contributed by atoms with Crippen LogP contribution >= 0.6 is 0 Å². The Balaban J connectivity index is 2.13. The fourth-order valence-electron chi connectivity index (χ4n) is 1.87. The van der Waals surface area contributed by atoms with Gasteiger partial charge in [0.2, 0.25) is 0 Å². The molecular weight excluding hydrogens is 228 g/mol. The average Bonchev–Trinajstić information content (AvgIpc) is 2.76. The van der Waals surface area contributed by atoms with Gasteiger partial charge in [-0.05, 0) is 25.5 Å². The third-order valence-electron chi connectivity index (χ3n) is 2.86. The number of nitrogens with zero attached hydrogens (tertiary/aromatic N) is 3. The van der Waals surface area contributed by atoms with Crippen LogP contribution in [0.5, 0.6) is 0 Å². The number of imidazole rings is 1. The van der Waals surface area contributed by atoms with Gasteiger partial charge >= 0.3 is 0 Å². The molecule has 94 valence electrons. The first-order valence-electron chi connectivity index (χ1n) is 5.78. The smallest absolute Gasteiger partial charge is 0.270 e. The van der Waals surface area contributed by atoms with E-state index in [1.165, 1.54) is 0 Å². The van der Waals surface area contributed by atoms with Crippen LogP contribution in [0.3, 0.4) is 0 Å². The molecule has 1 atom stereocenters. The molecule has 0 bridgehead atoms. The molecule has 2 rings (SSSR count). The lowest BCUT2D eigenvalue weighted by Gasteiger charge is -2.15. The van der Waals surface area contributed by atoms with Crippen molar-refractivity contribution >= 4 is 5.91 Å². The fourth-order valence-corrected chi connectivity index (χ4v) is 1.87. The molecule has 0 aliphatic heterocycles. The predicted octanol–water partition coefficient (Wildman–Crippen LogP) is 1.61. The highest BCUT2D eigenvalue weighted by molar-refractivity contribution is 5.92. The quantitative estimate of drug-likeness (QED) is 0.892. The summed E-state index contributed by atoms with van der Waals surface area (Å²) in [6, 6.07) is 3.73. The van der Waals surface area contributed by atoms with E-state index in [0.29, 0.717) is 5.69 Å². The second-order valence-corrected chi connectivity index (χ2v) is 4.29. The minimum atomic E-state index is -0.146. The maximum absolute atomic E-state index is 12.0. The van der Waals surface area contributed by atoms with Crippen molar-refractivity contribution in [3.05, 3.63) is 47.8 Å². The van der Waals surface area contributed by atoms with Crippen LogP contribution in [-0.4, -0.2) is 20.4 Å². The molecule has 0 aliphatic carbocycles. The number of nitrogens with one attached hydrogen (secondary N) is 1. The average molecular weight is 244 g/mol. The van der Waals surface area contributed by atoms with Crippen LogP contribution < -0.4 is 5.32 Å². The van der Waals surface area contributed by atoms with Gasteiger partial charge in [-0.25, -0.2) is 4.98 Å². The molecule has 0 saturated carbocycles. The van der Waals surface area contributed by atoms with Crippen molar-refractivity contribution in [2.24, 2.45) is 7.05 Å². The summed E-state index contributed by atoms with van der Waals surface area (Å²) >= 11 is 0. The van der Waals surface area contributed by atoms with Gasteiger partial charge in [0.05, 0.1) is 24.3 Å². The number of carbonyl (C=O) groups is 1. The van der Waals surface area contributed by atoms with E-state index >= 15 is 0 Å².